The molecule has 24 heavy (non-hydrogen) atoms. The second kappa shape index (κ2) is 7.68. The molecule has 0 bridgehead atoms. The highest BCUT2D eigenvalue weighted by atomic mass is 16.5. The smallest absolute Gasteiger partial charge is 0.319 e. The molecule has 6 heteroatoms. The van der Waals surface area contributed by atoms with Crippen molar-refractivity contribution >= 4 is 17.5 Å². The first-order chi connectivity index (χ1) is 11.8. The molecule has 126 valence electrons. The Morgan fingerprint density at radius 2 is 2.08 bits per heavy atom. The molecule has 1 aromatic heterocycles. The van der Waals surface area contributed by atoms with Gasteiger partial charge in [-0.25, -0.2) is 9.78 Å². The molecule has 0 aliphatic carbocycles. The molecule has 0 atom stereocenters. The van der Waals surface area contributed by atoms with Crippen LogP contribution in [0.25, 0.3) is 0 Å². The van der Waals surface area contributed by atoms with Crippen LogP contribution in [0.2, 0.25) is 0 Å². The van der Waals surface area contributed by atoms with Crippen molar-refractivity contribution < 1.29 is 9.53 Å². The second-order valence-electron chi connectivity index (χ2n) is 5.73. The fraction of sp³-hybridized carbons (Fsp3) is 0.333. The van der Waals surface area contributed by atoms with Crippen LogP contribution in [-0.2, 0) is 6.54 Å². The topological polar surface area (TPSA) is 66.5 Å². The maximum atomic E-state index is 12.2. The van der Waals surface area contributed by atoms with E-state index in [1.54, 1.807) is 13.3 Å². The number of anilines is 2. The molecule has 0 saturated carbocycles. The van der Waals surface area contributed by atoms with Gasteiger partial charge in [0.2, 0.25) is 0 Å². The third kappa shape index (κ3) is 3.95. The number of nitrogens with zero attached hydrogens (tertiary/aromatic N) is 2. The van der Waals surface area contributed by atoms with Crippen molar-refractivity contribution in [2.24, 2.45) is 0 Å². The molecule has 0 radical (unpaired) electrons. The third-order valence-electron chi connectivity index (χ3n) is 4.03. The van der Waals surface area contributed by atoms with E-state index in [0.29, 0.717) is 6.54 Å². The van der Waals surface area contributed by atoms with Crippen LogP contribution in [0, 0.1) is 0 Å². The summed E-state index contributed by atoms with van der Waals surface area (Å²) in [6.45, 7) is 2.40. The maximum absolute atomic E-state index is 12.2. The molecule has 0 unspecified atom stereocenters. The third-order valence-corrected chi connectivity index (χ3v) is 4.03. The second-order valence-corrected chi connectivity index (χ2v) is 5.73. The number of methoxy groups -OCH3 is 1. The molecular weight excluding hydrogens is 304 g/mol. The Labute approximate surface area is 141 Å². The van der Waals surface area contributed by atoms with E-state index in [1.165, 1.54) is 0 Å². The van der Waals surface area contributed by atoms with Crippen molar-refractivity contribution in [3.05, 3.63) is 48.2 Å². The molecule has 1 saturated heterocycles. The summed E-state index contributed by atoms with van der Waals surface area (Å²) in [7, 11) is 1.63. The molecule has 2 N–H and O–H groups in total. The lowest BCUT2D eigenvalue weighted by molar-refractivity contribution is 0.251. The molecule has 3 rings (SSSR count). The van der Waals surface area contributed by atoms with E-state index in [2.05, 4.69) is 20.5 Å². The standard InChI is InChI=1S/C18H22N4O2/c1-24-15-7-4-6-14(12-15)13-20-18(23)21-16-8-5-9-19-17(16)22-10-2-3-11-22/h4-9,12H,2-3,10-11,13H2,1H3,(H2,20,21,23). The number of amides is 2. The zero-order chi connectivity index (χ0) is 16.8. The summed E-state index contributed by atoms with van der Waals surface area (Å²) in [5.74, 6) is 1.62. The van der Waals surface area contributed by atoms with E-state index in [9.17, 15) is 4.79 Å². The van der Waals surface area contributed by atoms with E-state index < -0.39 is 0 Å². The Morgan fingerprint density at radius 1 is 1.25 bits per heavy atom. The molecule has 2 heterocycles. The van der Waals surface area contributed by atoms with Crippen LogP contribution in [0.5, 0.6) is 5.75 Å². The van der Waals surface area contributed by atoms with Crippen molar-refractivity contribution in [1.82, 2.24) is 10.3 Å². The Morgan fingerprint density at radius 3 is 2.88 bits per heavy atom. The molecule has 1 aromatic carbocycles. The van der Waals surface area contributed by atoms with Crippen molar-refractivity contribution in [3.63, 3.8) is 0 Å². The number of hydrogen-bond acceptors (Lipinski definition) is 4. The highest BCUT2D eigenvalue weighted by molar-refractivity contribution is 5.92. The highest BCUT2D eigenvalue weighted by Gasteiger charge is 2.17. The highest BCUT2D eigenvalue weighted by Crippen LogP contribution is 2.25. The van der Waals surface area contributed by atoms with Gasteiger partial charge < -0.3 is 20.3 Å². The summed E-state index contributed by atoms with van der Waals surface area (Å²) >= 11 is 0. The SMILES string of the molecule is COc1cccc(CNC(=O)Nc2cccnc2N2CCCC2)c1. The fourth-order valence-corrected chi connectivity index (χ4v) is 2.81. The number of pyridine rings is 1. The molecule has 2 amide bonds. The van der Waals surface area contributed by atoms with Gasteiger partial charge in [0, 0.05) is 25.8 Å². The number of rotatable bonds is 5. The molecule has 1 aliphatic rings. The molecule has 1 fully saturated rings. The number of urea groups is 1. The minimum atomic E-state index is -0.244. The predicted molar refractivity (Wildman–Crippen MR) is 94.5 cm³/mol. The van der Waals surface area contributed by atoms with E-state index in [0.717, 1.165) is 48.7 Å². The Balaban J connectivity index is 1.60. The predicted octanol–water partition coefficient (Wildman–Crippen LogP) is 3.01. The average molecular weight is 326 g/mol. The molecule has 1 aliphatic heterocycles. The van der Waals surface area contributed by atoms with Crippen molar-refractivity contribution in [2.45, 2.75) is 19.4 Å². The minimum Gasteiger partial charge on any atom is -0.497 e. The van der Waals surface area contributed by atoms with Gasteiger partial charge in [-0.2, -0.15) is 0 Å². The van der Waals surface area contributed by atoms with Crippen molar-refractivity contribution in [3.8, 4) is 5.75 Å². The van der Waals surface area contributed by atoms with Crippen LogP contribution < -0.4 is 20.3 Å². The van der Waals surface area contributed by atoms with Gasteiger partial charge in [-0.1, -0.05) is 12.1 Å². The largest absolute Gasteiger partial charge is 0.497 e. The summed E-state index contributed by atoms with van der Waals surface area (Å²) in [5, 5.41) is 5.77. The van der Waals surface area contributed by atoms with Gasteiger partial charge in [-0.3, -0.25) is 0 Å². The summed E-state index contributed by atoms with van der Waals surface area (Å²) in [6, 6.07) is 11.1. The molecular formula is C18H22N4O2. The first kappa shape index (κ1) is 16.1. The first-order valence-electron chi connectivity index (χ1n) is 8.14. The van der Waals surface area contributed by atoms with E-state index >= 15 is 0 Å². The van der Waals surface area contributed by atoms with Gasteiger partial charge in [0.25, 0.3) is 0 Å². The van der Waals surface area contributed by atoms with Crippen molar-refractivity contribution in [1.29, 1.82) is 0 Å². The number of benzene rings is 1. The summed E-state index contributed by atoms with van der Waals surface area (Å²) < 4.78 is 5.19. The Hall–Kier alpha value is -2.76. The van der Waals surface area contributed by atoms with E-state index in [4.69, 9.17) is 4.74 Å². The fourth-order valence-electron chi connectivity index (χ4n) is 2.81. The van der Waals surface area contributed by atoms with Gasteiger partial charge in [0.05, 0.1) is 12.8 Å². The monoisotopic (exact) mass is 326 g/mol. The average Bonchev–Trinajstić information content (AvgIpc) is 3.15. The molecule has 6 nitrogen and oxygen atoms in total. The zero-order valence-electron chi connectivity index (χ0n) is 13.8. The van der Waals surface area contributed by atoms with Crippen LogP contribution >= 0.6 is 0 Å². The van der Waals surface area contributed by atoms with Crippen LogP contribution in [0.4, 0.5) is 16.3 Å². The first-order valence-corrected chi connectivity index (χ1v) is 8.14. The van der Waals surface area contributed by atoms with Gasteiger partial charge >= 0.3 is 6.03 Å². The molecule has 0 spiro atoms. The number of hydrogen-bond donors (Lipinski definition) is 2. The normalized spacial score (nSPS) is 13.6. The van der Waals surface area contributed by atoms with Gasteiger partial charge in [-0.05, 0) is 42.7 Å². The van der Waals surface area contributed by atoms with Crippen molar-refractivity contribution in [2.75, 3.05) is 30.4 Å². The van der Waals surface area contributed by atoms with Crippen LogP contribution in [0.1, 0.15) is 18.4 Å². The quantitative estimate of drug-likeness (QED) is 0.886. The van der Waals surface area contributed by atoms with Crippen LogP contribution in [-0.4, -0.2) is 31.2 Å². The summed E-state index contributed by atoms with van der Waals surface area (Å²) in [4.78, 5) is 18.8. The lowest BCUT2D eigenvalue weighted by atomic mass is 10.2. The number of ether oxygens (including phenoxy) is 1. The lowest BCUT2D eigenvalue weighted by Gasteiger charge is -2.20. The van der Waals surface area contributed by atoms with Crippen LogP contribution in [0.15, 0.2) is 42.6 Å². The number of carbonyl (C=O) groups excluding carboxylic acids is 1. The number of aromatic nitrogens is 1. The Kier molecular flexibility index (Phi) is 5.15. The summed E-state index contributed by atoms with van der Waals surface area (Å²) in [6.07, 6.45) is 4.09. The maximum Gasteiger partial charge on any atom is 0.319 e. The van der Waals surface area contributed by atoms with E-state index in [-0.39, 0.29) is 6.03 Å². The Bertz CT molecular complexity index is 699. The van der Waals surface area contributed by atoms with Crippen LogP contribution in [0.3, 0.4) is 0 Å². The van der Waals surface area contributed by atoms with E-state index in [1.807, 2.05) is 36.4 Å². The zero-order valence-corrected chi connectivity index (χ0v) is 13.8. The number of nitrogens with one attached hydrogen (secondary N) is 2. The van der Waals surface area contributed by atoms with Gasteiger partial charge in [0.15, 0.2) is 5.82 Å². The van der Waals surface area contributed by atoms with Gasteiger partial charge in [-0.15, -0.1) is 0 Å². The minimum absolute atomic E-state index is 0.244. The summed E-state index contributed by atoms with van der Waals surface area (Å²) in [5.41, 5.74) is 1.72. The lowest BCUT2D eigenvalue weighted by Crippen LogP contribution is -2.29. The number of carbonyl (C=O) groups is 1. The van der Waals surface area contributed by atoms with Gasteiger partial charge in [0.1, 0.15) is 5.75 Å². The molecule has 2 aromatic rings.